The van der Waals surface area contributed by atoms with E-state index in [9.17, 15) is 19.3 Å². The predicted molar refractivity (Wildman–Crippen MR) is 138 cm³/mol. The molecule has 0 saturated carbocycles. The van der Waals surface area contributed by atoms with Crippen LogP contribution in [0.2, 0.25) is 0 Å². The number of nitrogens with zero attached hydrogens (tertiary/aromatic N) is 3. The molecule has 1 aliphatic rings. The Bertz CT molecular complexity index is 1340. The van der Waals surface area contributed by atoms with E-state index in [2.05, 4.69) is 20.9 Å². The maximum absolute atomic E-state index is 13.2. The average Bonchev–Trinajstić information content (AvgIpc) is 3.13. The molecular weight excluding hydrogens is 537 g/mol. The number of nitro benzene ring substituents is 1. The summed E-state index contributed by atoms with van der Waals surface area (Å²) in [6.45, 7) is 2.41. The molecule has 0 aromatic heterocycles. The molecule has 178 valence electrons. The van der Waals surface area contributed by atoms with E-state index in [1.807, 2.05) is 19.1 Å². The SMILES string of the molecule is CCN1C(=O)/C(=C\c2cc(Br)ccc2OCc2cccc([N+](=O)[O-])c2)SC1=Nc1ccc(F)cc1. The van der Waals surface area contributed by atoms with Gasteiger partial charge in [0.2, 0.25) is 0 Å². The number of rotatable bonds is 7. The first-order valence-electron chi connectivity index (χ1n) is 10.6. The highest BCUT2D eigenvalue weighted by atomic mass is 79.9. The largest absolute Gasteiger partial charge is 0.488 e. The number of hydrogen-bond donors (Lipinski definition) is 0. The van der Waals surface area contributed by atoms with Crippen molar-refractivity contribution < 1.29 is 18.8 Å². The van der Waals surface area contributed by atoms with Gasteiger partial charge >= 0.3 is 0 Å². The van der Waals surface area contributed by atoms with Gasteiger partial charge in [0.15, 0.2) is 5.17 Å². The first-order chi connectivity index (χ1) is 16.8. The Morgan fingerprint density at radius 2 is 1.94 bits per heavy atom. The number of ether oxygens (including phenoxy) is 1. The van der Waals surface area contributed by atoms with Crippen molar-refractivity contribution in [2.24, 2.45) is 4.99 Å². The van der Waals surface area contributed by atoms with E-state index in [1.54, 1.807) is 41.3 Å². The lowest BCUT2D eigenvalue weighted by Crippen LogP contribution is -2.28. The maximum atomic E-state index is 13.2. The Kier molecular flexibility index (Phi) is 7.62. The molecule has 0 spiro atoms. The van der Waals surface area contributed by atoms with Crippen LogP contribution in [0.5, 0.6) is 5.75 Å². The van der Waals surface area contributed by atoms with E-state index in [-0.39, 0.29) is 24.0 Å². The van der Waals surface area contributed by atoms with E-state index in [0.29, 0.717) is 39.2 Å². The van der Waals surface area contributed by atoms with Crippen molar-refractivity contribution in [1.82, 2.24) is 4.90 Å². The molecule has 0 unspecified atom stereocenters. The van der Waals surface area contributed by atoms with Gasteiger partial charge in [-0.15, -0.1) is 0 Å². The van der Waals surface area contributed by atoms with Crippen molar-refractivity contribution in [3.8, 4) is 5.75 Å². The van der Waals surface area contributed by atoms with Gasteiger partial charge in [-0.05, 0) is 72.8 Å². The molecule has 4 rings (SSSR count). The second kappa shape index (κ2) is 10.8. The minimum atomic E-state index is -0.452. The smallest absolute Gasteiger partial charge is 0.269 e. The molecule has 1 amide bonds. The fraction of sp³-hybridized carbons (Fsp3) is 0.120. The van der Waals surface area contributed by atoms with Crippen LogP contribution < -0.4 is 4.74 Å². The molecule has 1 aliphatic heterocycles. The number of nitro groups is 1. The Morgan fingerprint density at radius 3 is 2.66 bits per heavy atom. The number of amides is 1. The zero-order valence-electron chi connectivity index (χ0n) is 18.5. The zero-order valence-corrected chi connectivity index (χ0v) is 20.9. The summed E-state index contributed by atoms with van der Waals surface area (Å²) < 4.78 is 20.0. The number of carbonyl (C=O) groups excluding carboxylic acids is 1. The third-order valence-corrected chi connectivity index (χ3v) is 6.53. The Hall–Kier alpha value is -3.50. The van der Waals surface area contributed by atoms with Gasteiger partial charge in [0.05, 0.1) is 15.5 Å². The lowest BCUT2D eigenvalue weighted by Gasteiger charge is -2.12. The van der Waals surface area contributed by atoms with Crippen molar-refractivity contribution >= 4 is 56.2 Å². The van der Waals surface area contributed by atoms with Crippen LogP contribution in [0.1, 0.15) is 18.1 Å². The lowest BCUT2D eigenvalue weighted by atomic mass is 10.1. The van der Waals surface area contributed by atoms with Gasteiger partial charge < -0.3 is 4.74 Å². The number of hydrogen-bond acceptors (Lipinski definition) is 6. The number of likely N-dealkylation sites (N-methyl/N-ethyl adjacent to an activating group) is 1. The molecule has 3 aromatic carbocycles. The van der Waals surface area contributed by atoms with Gasteiger partial charge in [0.25, 0.3) is 11.6 Å². The van der Waals surface area contributed by atoms with Crippen LogP contribution >= 0.6 is 27.7 Å². The Balaban J connectivity index is 1.60. The third kappa shape index (κ3) is 5.95. The predicted octanol–water partition coefficient (Wildman–Crippen LogP) is 6.70. The van der Waals surface area contributed by atoms with Crippen LogP contribution in [0.4, 0.5) is 15.8 Å². The standard InChI is InChI=1S/C25H19BrFN3O4S/c1-2-29-24(31)23(35-25(29)28-20-9-7-19(27)8-10-20)14-17-13-18(26)6-11-22(17)34-15-16-4-3-5-21(12-16)30(32)33/h3-14H,2,15H2,1H3/b23-14+,28-25?. The number of benzene rings is 3. The number of non-ortho nitro benzene ring substituents is 1. The Morgan fingerprint density at radius 1 is 1.17 bits per heavy atom. The van der Waals surface area contributed by atoms with E-state index in [4.69, 9.17) is 4.74 Å². The highest BCUT2D eigenvalue weighted by Crippen LogP contribution is 2.36. The quantitative estimate of drug-likeness (QED) is 0.184. The van der Waals surface area contributed by atoms with Crippen molar-refractivity contribution in [1.29, 1.82) is 0 Å². The van der Waals surface area contributed by atoms with Crippen LogP contribution in [0, 0.1) is 15.9 Å². The molecule has 3 aromatic rings. The molecule has 35 heavy (non-hydrogen) atoms. The number of thioether (sulfide) groups is 1. The van der Waals surface area contributed by atoms with Crippen LogP contribution in [-0.4, -0.2) is 27.4 Å². The van der Waals surface area contributed by atoms with Gasteiger partial charge in [0, 0.05) is 28.7 Å². The fourth-order valence-electron chi connectivity index (χ4n) is 3.32. The normalized spacial score (nSPS) is 15.7. The van der Waals surface area contributed by atoms with Gasteiger partial charge in [0.1, 0.15) is 18.2 Å². The average molecular weight is 556 g/mol. The Labute approximate surface area is 213 Å². The van der Waals surface area contributed by atoms with E-state index in [0.717, 1.165) is 4.47 Å². The molecule has 0 aliphatic carbocycles. The number of halogens is 2. The van der Waals surface area contributed by atoms with Crippen molar-refractivity contribution in [3.63, 3.8) is 0 Å². The fourth-order valence-corrected chi connectivity index (χ4v) is 4.75. The molecule has 10 heteroatoms. The lowest BCUT2D eigenvalue weighted by molar-refractivity contribution is -0.384. The topological polar surface area (TPSA) is 85.0 Å². The first-order valence-corrected chi connectivity index (χ1v) is 12.2. The monoisotopic (exact) mass is 555 g/mol. The number of carbonyl (C=O) groups is 1. The highest BCUT2D eigenvalue weighted by Gasteiger charge is 2.32. The summed E-state index contributed by atoms with van der Waals surface area (Å²) in [7, 11) is 0. The van der Waals surface area contributed by atoms with E-state index >= 15 is 0 Å². The summed E-state index contributed by atoms with van der Waals surface area (Å²) >= 11 is 4.68. The summed E-state index contributed by atoms with van der Waals surface area (Å²) in [6.07, 6.45) is 1.73. The van der Waals surface area contributed by atoms with Gasteiger partial charge in [-0.3, -0.25) is 19.8 Å². The number of aliphatic imine (C=N–C) groups is 1. The number of amidine groups is 1. The molecule has 0 atom stereocenters. The molecule has 1 saturated heterocycles. The van der Waals surface area contributed by atoms with Gasteiger partial charge in [-0.25, -0.2) is 9.38 Å². The van der Waals surface area contributed by atoms with Crippen LogP contribution in [0.3, 0.4) is 0 Å². The molecular formula is C25H19BrFN3O4S. The molecule has 0 N–H and O–H groups in total. The van der Waals surface area contributed by atoms with E-state index < -0.39 is 4.92 Å². The summed E-state index contributed by atoms with van der Waals surface area (Å²) in [5.74, 6) is -0.0279. The van der Waals surface area contributed by atoms with Crippen molar-refractivity contribution in [2.45, 2.75) is 13.5 Å². The second-order valence-corrected chi connectivity index (χ2v) is 9.35. The minimum Gasteiger partial charge on any atom is -0.488 e. The molecule has 7 nitrogen and oxygen atoms in total. The summed E-state index contributed by atoms with van der Waals surface area (Å²) in [4.78, 5) is 30.2. The molecule has 1 heterocycles. The molecule has 0 radical (unpaired) electrons. The third-order valence-electron chi connectivity index (χ3n) is 5.03. The summed E-state index contributed by atoms with van der Waals surface area (Å²) in [6, 6.07) is 17.4. The van der Waals surface area contributed by atoms with Crippen molar-refractivity contribution in [2.75, 3.05) is 6.54 Å². The second-order valence-electron chi connectivity index (χ2n) is 7.43. The van der Waals surface area contributed by atoms with Crippen LogP contribution in [0.25, 0.3) is 6.08 Å². The van der Waals surface area contributed by atoms with Crippen LogP contribution in [-0.2, 0) is 11.4 Å². The molecule has 0 bridgehead atoms. The van der Waals surface area contributed by atoms with E-state index in [1.165, 1.54) is 36.0 Å². The highest BCUT2D eigenvalue weighted by molar-refractivity contribution is 9.10. The first kappa shape index (κ1) is 24.6. The zero-order chi connectivity index (χ0) is 24.9. The van der Waals surface area contributed by atoms with Gasteiger partial charge in [-0.2, -0.15) is 0 Å². The summed E-state index contributed by atoms with van der Waals surface area (Å²) in [5, 5.41) is 11.5. The summed E-state index contributed by atoms with van der Waals surface area (Å²) in [5.41, 5.74) is 1.85. The maximum Gasteiger partial charge on any atom is 0.269 e. The minimum absolute atomic E-state index is 0.00942. The van der Waals surface area contributed by atoms with Crippen LogP contribution in [0.15, 0.2) is 81.1 Å². The molecule has 1 fully saturated rings. The van der Waals surface area contributed by atoms with Crippen molar-refractivity contribution in [3.05, 3.63) is 103 Å². The van der Waals surface area contributed by atoms with Gasteiger partial charge in [-0.1, -0.05) is 28.1 Å².